The van der Waals surface area contributed by atoms with Crippen molar-refractivity contribution < 1.29 is 22.5 Å². The summed E-state index contributed by atoms with van der Waals surface area (Å²) in [5.41, 5.74) is 9.28. The lowest BCUT2D eigenvalue weighted by atomic mass is 10.1. The van der Waals surface area contributed by atoms with Gasteiger partial charge in [0.15, 0.2) is 11.5 Å². The number of benzene rings is 2. The number of hydrogen-bond acceptors (Lipinski definition) is 10. The molecule has 0 aliphatic carbocycles. The molecule has 0 aliphatic rings. The molecule has 4 aromatic rings. The van der Waals surface area contributed by atoms with E-state index >= 15 is 0 Å². The van der Waals surface area contributed by atoms with Gasteiger partial charge in [-0.3, -0.25) is 9.11 Å². The highest BCUT2D eigenvalue weighted by molar-refractivity contribution is 8.24. The Morgan fingerprint density at radius 3 is 2.49 bits per heavy atom. The number of nitrogen functional groups attached to an aromatic ring is 1. The van der Waals surface area contributed by atoms with E-state index in [1.165, 1.54) is 6.20 Å². The average molecular weight is 503 g/mol. The van der Waals surface area contributed by atoms with Crippen molar-refractivity contribution in [1.82, 2.24) is 25.5 Å². The number of rotatable bonds is 8. The molecule has 11 heteroatoms. The van der Waals surface area contributed by atoms with Crippen molar-refractivity contribution in [1.29, 1.82) is 0 Å². The number of nitrogens with one attached hydrogen (secondary N) is 1. The van der Waals surface area contributed by atoms with E-state index in [0.29, 0.717) is 28.4 Å². The van der Waals surface area contributed by atoms with Crippen LogP contribution in [0.2, 0.25) is 0 Å². The van der Waals surface area contributed by atoms with Gasteiger partial charge >= 0.3 is 0 Å². The van der Waals surface area contributed by atoms with Crippen LogP contribution >= 0.6 is 10.6 Å². The molecule has 0 amide bonds. The molecule has 5 N–H and O–H groups in total. The predicted molar refractivity (Wildman–Crippen MR) is 143 cm³/mol. The van der Waals surface area contributed by atoms with Crippen LogP contribution in [-0.4, -0.2) is 48.7 Å². The first kappa shape index (κ1) is 24.6. The molecule has 2 aromatic heterocycles. The molecule has 0 saturated heterocycles. The van der Waals surface area contributed by atoms with Crippen LogP contribution < -0.4 is 15.8 Å². The molecule has 0 radical (unpaired) electrons. The Morgan fingerprint density at radius 2 is 1.83 bits per heavy atom. The van der Waals surface area contributed by atoms with Crippen LogP contribution in [0.4, 0.5) is 5.82 Å². The van der Waals surface area contributed by atoms with Gasteiger partial charge in [0.1, 0.15) is 5.75 Å². The second-order valence-electron chi connectivity index (χ2n) is 8.13. The van der Waals surface area contributed by atoms with E-state index in [0.717, 1.165) is 11.1 Å². The topological polar surface area (TPSA) is 152 Å². The van der Waals surface area contributed by atoms with Crippen molar-refractivity contribution in [2.45, 2.75) is 30.5 Å². The number of nitrogens with zero attached hydrogens (tertiary/aromatic N) is 4. The lowest BCUT2D eigenvalue weighted by Gasteiger charge is -2.36. The van der Waals surface area contributed by atoms with E-state index < -0.39 is 10.6 Å². The van der Waals surface area contributed by atoms with E-state index in [1.807, 2.05) is 25.2 Å². The van der Waals surface area contributed by atoms with E-state index in [2.05, 4.69) is 25.5 Å². The minimum Gasteiger partial charge on any atom is -0.496 e. The molecule has 0 saturated carbocycles. The smallest absolute Gasteiger partial charge is 0.270 e. The first-order valence-corrected chi connectivity index (χ1v) is 12.5. The van der Waals surface area contributed by atoms with Gasteiger partial charge in [0.05, 0.1) is 29.5 Å². The Morgan fingerprint density at radius 1 is 1.11 bits per heavy atom. The maximum Gasteiger partial charge on any atom is 0.270 e. The zero-order chi connectivity index (χ0) is 25.2. The van der Waals surface area contributed by atoms with Crippen molar-refractivity contribution >= 4 is 16.4 Å². The van der Waals surface area contributed by atoms with Crippen LogP contribution in [0.5, 0.6) is 5.75 Å². The minimum atomic E-state index is -2.87. The fourth-order valence-corrected chi connectivity index (χ4v) is 4.53. The van der Waals surface area contributed by atoms with Gasteiger partial charge in [-0.15, -0.1) is 10.2 Å². The number of nitrogens with two attached hydrogens (primary N) is 1. The van der Waals surface area contributed by atoms with E-state index in [9.17, 15) is 9.11 Å². The highest BCUT2D eigenvalue weighted by Gasteiger charge is 2.21. The van der Waals surface area contributed by atoms with Gasteiger partial charge in [-0.2, -0.15) is 10.6 Å². The molecular formula is C24H34N6O4S. The molecule has 0 atom stereocenters. The van der Waals surface area contributed by atoms with Crippen molar-refractivity contribution in [3.63, 3.8) is 0 Å². The fourth-order valence-electron chi connectivity index (χ4n) is 3.45. The highest BCUT2D eigenvalue weighted by Crippen LogP contribution is 2.52. The lowest BCUT2D eigenvalue weighted by Crippen LogP contribution is -2.10. The maximum atomic E-state index is 10.4. The van der Waals surface area contributed by atoms with Crippen LogP contribution in [-0.2, 0) is 6.54 Å². The second-order valence-corrected chi connectivity index (χ2v) is 10.7. The molecule has 0 spiro atoms. The Kier molecular flexibility index (Phi) is 7.03. The van der Waals surface area contributed by atoms with Crippen molar-refractivity contribution in [3.05, 3.63) is 54.2 Å². The average Bonchev–Trinajstić information content (AvgIpc) is 3.34. The van der Waals surface area contributed by atoms with Gasteiger partial charge in [-0.1, -0.05) is 18.2 Å². The summed E-state index contributed by atoms with van der Waals surface area (Å²) in [5, 5.41) is 11.1. The number of anilines is 1. The third-order valence-electron chi connectivity index (χ3n) is 5.46. The molecule has 190 valence electrons. The largest absolute Gasteiger partial charge is 0.496 e. The molecule has 0 aliphatic heterocycles. The molecule has 10 nitrogen and oxygen atoms in total. The van der Waals surface area contributed by atoms with Crippen molar-refractivity contribution in [2.75, 3.05) is 19.9 Å². The third kappa shape index (κ3) is 4.98. The number of ether oxygens (including phenoxy) is 1. The summed E-state index contributed by atoms with van der Waals surface area (Å²) in [6.07, 6.45) is 1.54. The minimum absolute atomic E-state index is 0. The number of methoxy groups -OCH3 is 1. The van der Waals surface area contributed by atoms with Crippen molar-refractivity contribution in [2.24, 2.45) is 0 Å². The second kappa shape index (κ2) is 10.0. The van der Waals surface area contributed by atoms with Gasteiger partial charge in [0.2, 0.25) is 0 Å². The summed E-state index contributed by atoms with van der Waals surface area (Å²) in [6.45, 7) is 4.24. The molecular weight excluding hydrogens is 468 g/mol. The van der Waals surface area contributed by atoms with Crippen LogP contribution in [0.3, 0.4) is 0 Å². The predicted octanol–water partition coefficient (Wildman–Crippen LogP) is 5.43. The monoisotopic (exact) mass is 502 g/mol. The molecule has 2 heterocycles. The summed E-state index contributed by atoms with van der Waals surface area (Å²) >= 11 is 0. The molecule has 0 bridgehead atoms. The Hall–Kier alpha value is -3.51. The number of hydrogen-bond donors (Lipinski definition) is 4. The molecule has 0 fully saturated rings. The van der Waals surface area contributed by atoms with E-state index in [4.69, 9.17) is 14.9 Å². The van der Waals surface area contributed by atoms with Crippen LogP contribution in [0.15, 0.2) is 58.0 Å². The van der Waals surface area contributed by atoms with Gasteiger partial charge in [-0.05, 0) is 50.7 Å². The normalized spacial score (nSPS) is 12.2. The summed E-state index contributed by atoms with van der Waals surface area (Å²) in [6, 6.07) is 12.6. The molecule has 35 heavy (non-hydrogen) atoms. The quantitative estimate of drug-likeness (QED) is 0.245. The Balaban J connectivity index is 0.00000241. The SMILES string of the molecule is CNCc1ccc(-c2nnc(-c3nc(-c4ccc(S(O)(O)C(C)C)cc4)cnc3N)o2)c(OC)c1.[HH].[HH].[HH]. The summed E-state index contributed by atoms with van der Waals surface area (Å²) in [4.78, 5) is 9.30. The highest BCUT2D eigenvalue weighted by atomic mass is 32.3. The Bertz CT molecular complexity index is 1340. The van der Waals surface area contributed by atoms with Crippen LogP contribution in [0.1, 0.15) is 23.7 Å². The third-order valence-corrected chi connectivity index (χ3v) is 7.74. The van der Waals surface area contributed by atoms with Crippen molar-refractivity contribution in [3.8, 4) is 40.0 Å². The van der Waals surface area contributed by atoms with Gasteiger partial charge in [0, 0.05) is 21.6 Å². The summed E-state index contributed by atoms with van der Waals surface area (Å²) < 4.78 is 32.2. The van der Waals surface area contributed by atoms with E-state index in [-0.39, 0.29) is 32.8 Å². The zero-order valence-corrected chi connectivity index (χ0v) is 20.7. The standard InChI is InChI=1S/C24H28N6O4S.3H2/c1-14(2)35(31,32)17-8-6-16(7-9-17)19-13-27-22(25)21(28-19)24-30-29-23(34-24)18-10-5-15(12-26-3)11-20(18)33-4;;;/h5-11,13-14,26,31-32H,12H2,1-4H3,(H2,25,27);3*1H. The first-order valence-electron chi connectivity index (χ1n) is 10.9. The lowest BCUT2D eigenvalue weighted by molar-refractivity contribution is 0.413. The van der Waals surface area contributed by atoms with Gasteiger partial charge in [-0.25, -0.2) is 9.97 Å². The van der Waals surface area contributed by atoms with Crippen LogP contribution in [0.25, 0.3) is 34.3 Å². The maximum absolute atomic E-state index is 10.4. The number of aromatic nitrogens is 4. The summed E-state index contributed by atoms with van der Waals surface area (Å²) in [5.74, 6) is 1.14. The Labute approximate surface area is 209 Å². The van der Waals surface area contributed by atoms with Gasteiger partial charge < -0.3 is 20.2 Å². The molecule has 0 unspecified atom stereocenters. The van der Waals surface area contributed by atoms with Crippen LogP contribution in [0, 0.1) is 0 Å². The molecule has 4 rings (SSSR count). The first-order chi connectivity index (χ1) is 16.7. The fraction of sp³-hybridized carbons (Fsp3) is 0.250. The zero-order valence-electron chi connectivity index (χ0n) is 19.9. The van der Waals surface area contributed by atoms with Gasteiger partial charge in [0.25, 0.3) is 11.8 Å². The summed E-state index contributed by atoms with van der Waals surface area (Å²) in [7, 11) is 0.582. The molecule has 2 aromatic carbocycles. The van der Waals surface area contributed by atoms with E-state index in [1.54, 1.807) is 45.2 Å².